The largest absolute Gasteiger partial charge is 0.401 e. The van der Waals surface area contributed by atoms with Crippen LogP contribution in [0.3, 0.4) is 0 Å². The molecule has 1 saturated heterocycles. The molecule has 0 unspecified atom stereocenters. The highest BCUT2D eigenvalue weighted by Gasteiger charge is 2.54. The summed E-state index contributed by atoms with van der Waals surface area (Å²) in [4.78, 5) is 0. The summed E-state index contributed by atoms with van der Waals surface area (Å²) in [5, 5.41) is 3.83. The maximum Gasteiger partial charge on any atom is 0.202 e. The van der Waals surface area contributed by atoms with Crippen LogP contribution in [0.5, 0.6) is 0 Å². The predicted octanol–water partition coefficient (Wildman–Crippen LogP) is 6.87. The van der Waals surface area contributed by atoms with E-state index in [0.29, 0.717) is 16.6 Å². The lowest BCUT2D eigenvalue weighted by Crippen LogP contribution is -2.59. The first-order valence-corrected chi connectivity index (χ1v) is 13.5. The van der Waals surface area contributed by atoms with Crippen LogP contribution < -0.4 is 5.32 Å². The lowest BCUT2D eigenvalue weighted by Gasteiger charge is -2.52. The van der Waals surface area contributed by atoms with Crippen LogP contribution in [-0.2, 0) is 10.0 Å². The fourth-order valence-corrected chi connectivity index (χ4v) is 11.4. The standard InChI is InChI=1S/C26H39NOSi/c1-20(2)29(21(3)4,22(5)6)28-26(25-18-13-19-27-25,23-14-9-7-10-15-23)24-16-11-8-12-17-24/h7-12,14-17,20-22,25,27H,13,18-19H2,1-6H3/t25-/m0/s1. The van der Waals surface area contributed by atoms with Crippen molar-refractivity contribution in [1.82, 2.24) is 5.32 Å². The van der Waals surface area contributed by atoms with Gasteiger partial charge in [-0.15, -0.1) is 0 Å². The Bertz CT molecular complexity index is 690. The minimum Gasteiger partial charge on any atom is -0.401 e. The van der Waals surface area contributed by atoms with E-state index in [1.165, 1.54) is 17.5 Å². The minimum atomic E-state index is -2.14. The summed E-state index contributed by atoms with van der Waals surface area (Å²) in [7, 11) is -2.14. The summed E-state index contributed by atoms with van der Waals surface area (Å²) >= 11 is 0. The van der Waals surface area contributed by atoms with Crippen LogP contribution in [0, 0.1) is 0 Å². The van der Waals surface area contributed by atoms with Crippen molar-refractivity contribution in [2.75, 3.05) is 6.54 Å². The van der Waals surface area contributed by atoms with Crippen molar-refractivity contribution >= 4 is 8.32 Å². The lowest BCUT2D eigenvalue weighted by atomic mass is 9.79. The Balaban J connectivity index is 2.29. The Labute approximate surface area is 179 Å². The second-order valence-corrected chi connectivity index (χ2v) is 14.9. The van der Waals surface area contributed by atoms with E-state index in [2.05, 4.69) is 108 Å². The van der Waals surface area contributed by atoms with E-state index >= 15 is 0 Å². The molecule has 1 N–H and O–H groups in total. The Morgan fingerprint density at radius 1 is 0.793 bits per heavy atom. The van der Waals surface area contributed by atoms with E-state index in [9.17, 15) is 0 Å². The smallest absolute Gasteiger partial charge is 0.202 e. The molecule has 2 aromatic rings. The molecule has 3 rings (SSSR count). The average molecular weight is 410 g/mol. The van der Waals surface area contributed by atoms with E-state index < -0.39 is 13.9 Å². The zero-order valence-electron chi connectivity index (χ0n) is 19.1. The lowest BCUT2D eigenvalue weighted by molar-refractivity contribution is 0.0515. The molecule has 0 aliphatic carbocycles. The molecule has 1 aliphatic rings. The Hall–Kier alpha value is -1.42. The minimum absolute atomic E-state index is 0.287. The highest BCUT2D eigenvalue weighted by molar-refractivity contribution is 6.77. The quantitative estimate of drug-likeness (QED) is 0.480. The van der Waals surface area contributed by atoms with E-state index in [4.69, 9.17) is 4.43 Å². The van der Waals surface area contributed by atoms with Crippen LogP contribution in [-0.4, -0.2) is 20.9 Å². The molecule has 0 aromatic heterocycles. The Morgan fingerprint density at radius 2 is 1.24 bits per heavy atom. The molecule has 1 atom stereocenters. The fraction of sp³-hybridized carbons (Fsp3) is 0.538. The molecular weight excluding hydrogens is 370 g/mol. The first kappa shape index (κ1) is 22.3. The molecule has 1 aliphatic heterocycles. The van der Waals surface area contributed by atoms with Gasteiger partial charge in [0.05, 0.1) is 0 Å². The first-order chi connectivity index (χ1) is 13.9. The van der Waals surface area contributed by atoms with Crippen LogP contribution in [0.4, 0.5) is 0 Å². The normalized spacial score (nSPS) is 18.2. The molecule has 0 saturated carbocycles. The van der Waals surface area contributed by atoms with Crippen molar-refractivity contribution in [1.29, 1.82) is 0 Å². The molecule has 0 bridgehead atoms. The summed E-state index contributed by atoms with van der Waals surface area (Å²) in [6.07, 6.45) is 2.34. The second kappa shape index (κ2) is 9.16. The van der Waals surface area contributed by atoms with Crippen LogP contribution in [0.2, 0.25) is 16.6 Å². The van der Waals surface area contributed by atoms with E-state index in [-0.39, 0.29) is 6.04 Å². The summed E-state index contributed by atoms with van der Waals surface area (Å²) in [6, 6.07) is 22.2. The number of hydrogen-bond acceptors (Lipinski definition) is 2. The predicted molar refractivity (Wildman–Crippen MR) is 127 cm³/mol. The Kier molecular flexibility index (Phi) is 7.03. The molecule has 158 valence electrons. The molecule has 0 amide bonds. The number of benzene rings is 2. The zero-order chi connectivity index (χ0) is 21.1. The Morgan fingerprint density at radius 3 is 1.59 bits per heavy atom. The third-order valence-electron chi connectivity index (χ3n) is 7.00. The maximum absolute atomic E-state index is 7.74. The first-order valence-electron chi connectivity index (χ1n) is 11.4. The molecule has 2 aromatic carbocycles. The molecule has 0 spiro atoms. The van der Waals surface area contributed by atoms with Gasteiger partial charge in [0, 0.05) is 6.04 Å². The summed E-state index contributed by atoms with van der Waals surface area (Å²) in [6.45, 7) is 15.4. The van der Waals surface area contributed by atoms with Crippen molar-refractivity contribution in [2.24, 2.45) is 0 Å². The van der Waals surface area contributed by atoms with E-state index in [1.807, 2.05) is 0 Å². The number of rotatable bonds is 8. The fourth-order valence-electron chi connectivity index (χ4n) is 5.79. The zero-order valence-corrected chi connectivity index (χ0v) is 20.1. The van der Waals surface area contributed by atoms with Crippen LogP contribution >= 0.6 is 0 Å². The average Bonchev–Trinajstić information content (AvgIpc) is 3.25. The highest BCUT2D eigenvalue weighted by atomic mass is 28.4. The third-order valence-corrected chi connectivity index (χ3v) is 13.1. The summed E-state index contributed by atoms with van der Waals surface area (Å²) in [5.41, 5.74) is 3.72. The number of nitrogens with one attached hydrogen (secondary N) is 1. The van der Waals surface area contributed by atoms with E-state index in [0.717, 1.165) is 13.0 Å². The molecule has 29 heavy (non-hydrogen) atoms. The van der Waals surface area contributed by atoms with Gasteiger partial charge < -0.3 is 9.74 Å². The maximum atomic E-state index is 7.74. The second-order valence-electron chi connectivity index (χ2n) is 9.54. The van der Waals surface area contributed by atoms with Crippen molar-refractivity contribution in [2.45, 2.75) is 82.7 Å². The van der Waals surface area contributed by atoms with Crippen molar-refractivity contribution in [3.63, 3.8) is 0 Å². The van der Waals surface area contributed by atoms with Gasteiger partial charge in [-0.2, -0.15) is 0 Å². The van der Waals surface area contributed by atoms with Gasteiger partial charge in [0.1, 0.15) is 5.60 Å². The van der Waals surface area contributed by atoms with Crippen LogP contribution in [0.25, 0.3) is 0 Å². The van der Waals surface area contributed by atoms with Gasteiger partial charge in [0.15, 0.2) is 0 Å². The molecular formula is C26H39NOSi. The van der Waals surface area contributed by atoms with E-state index in [1.54, 1.807) is 0 Å². The molecule has 1 heterocycles. The van der Waals surface area contributed by atoms with Crippen LogP contribution in [0.15, 0.2) is 60.7 Å². The van der Waals surface area contributed by atoms with Gasteiger partial charge in [0.2, 0.25) is 8.32 Å². The van der Waals surface area contributed by atoms with Crippen molar-refractivity contribution in [3.8, 4) is 0 Å². The molecule has 3 heteroatoms. The number of hydrogen-bond donors (Lipinski definition) is 1. The third kappa shape index (κ3) is 3.97. The molecule has 1 fully saturated rings. The van der Waals surface area contributed by atoms with Gasteiger partial charge in [-0.05, 0) is 47.1 Å². The van der Waals surface area contributed by atoms with Gasteiger partial charge in [0.25, 0.3) is 0 Å². The van der Waals surface area contributed by atoms with Crippen LogP contribution in [0.1, 0.15) is 65.5 Å². The van der Waals surface area contributed by atoms with Gasteiger partial charge in [-0.1, -0.05) is 102 Å². The highest BCUT2D eigenvalue weighted by Crippen LogP contribution is 2.51. The topological polar surface area (TPSA) is 21.3 Å². The van der Waals surface area contributed by atoms with Crippen molar-refractivity contribution < 1.29 is 4.43 Å². The summed E-state index contributed by atoms with van der Waals surface area (Å²) in [5.74, 6) is 0. The van der Waals surface area contributed by atoms with Crippen molar-refractivity contribution in [3.05, 3.63) is 71.8 Å². The SMILES string of the molecule is CC(C)[Si](OC(c1ccccc1)(c1ccccc1)[C@@H]1CCCN1)(C(C)C)C(C)C. The molecule has 2 nitrogen and oxygen atoms in total. The van der Waals surface area contributed by atoms with Gasteiger partial charge in [-0.25, -0.2) is 0 Å². The van der Waals surface area contributed by atoms with Gasteiger partial charge >= 0.3 is 0 Å². The monoisotopic (exact) mass is 409 g/mol. The van der Waals surface area contributed by atoms with Gasteiger partial charge in [-0.3, -0.25) is 0 Å². The summed E-state index contributed by atoms with van der Waals surface area (Å²) < 4.78 is 7.74. The molecule has 0 radical (unpaired) electrons.